The Hall–Kier alpha value is -0.940. The predicted octanol–water partition coefficient (Wildman–Crippen LogP) is 0.334. The van der Waals surface area contributed by atoms with Crippen molar-refractivity contribution in [1.29, 1.82) is 0 Å². The largest absolute Gasteiger partial charge is 0.385 e. The zero-order valence-electron chi connectivity index (χ0n) is 8.10. The van der Waals surface area contributed by atoms with Gasteiger partial charge in [-0.2, -0.15) is 5.10 Å². The minimum absolute atomic E-state index is 0.313. The van der Waals surface area contributed by atoms with Gasteiger partial charge in [-0.05, 0) is 13.3 Å². The number of rotatable bonds is 5. The van der Waals surface area contributed by atoms with E-state index in [2.05, 4.69) is 17.0 Å². The minimum Gasteiger partial charge on any atom is -0.385 e. The molecule has 1 atom stereocenters. The summed E-state index contributed by atoms with van der Waals surface area (Å²) in [6.07, 6.45) is 2.65. The molecule has 5 nitrogen and oxygen atoms in total. The smallest absolute Gasteiger partial charge is 0.164 e. The Labute approximate surface area is 77.9 Å². The second-order valence-corrected chi connectivity index (χ2v) is 2.98. The third-order valence-electron chi connectivity index (χ3n) is 1.93. The van der Waals surface area contributed by atoms with Crippen molar-refractivity contribution in [3.8, 4) is 0 Å². The number of methoxy groups -OCH3 is 1. The maximum absolute atomic E-state index is 5.40. The summed E-state index contributed by atoms with van der Waals surface area (Å²) < 4.78 is 6.80. The Morgan fingerprint density at radius 1 is 1.69 bits per heavy atom. The fraction of sp³-hybridized carbons (Fsp3) is 0.750. The van der Waals surface area contributed by atoms with Gasteiger partial charge >= 0.3 is 0 Å². The molecule has 0 aromatic carbocycles. The molecule has 0 radical (unpaired) electrons. The first-order valence-corrected chi connectivity index (χ1v) is 4.37. The van der Waals surface area contributed by atoms with E-state index in [9.17, 15) is 0 Å². The highest BCUT2D eigenvalue weighted by molar-refractivity contribution is 4.80. The zero-order valence-corrected chi connectivity index (χ0v) is 8.10. The molecule has 0 aliphatic heterocycles. The summed E-state index contributed by atoms with van der Waals surface area (Å²) in [5.41, 5.74) is 5.40. The summed E-state index contributed by atoms with van der Waals surface area (Å²) in [4.78, 5) is 4.05. The van der Waals surface area contributed by atoms with Gasteiger partial charge in [-0.15, -0.1) is 0 Å². The fourth-order valence-electron chi connectivity index (χ4n) is 1.04. The van der Waals surface area contributed by atoms with Crippen molar-refractivity contribution in [2.45, 2.75) is 25.9 Å². The van der Waals surface area contributed by atoms with E-state index in [1.54, 1.807) is 13.4 Å². The normalized spacial score (nSPS) is 13.2. The van der Waals surface area contributed by atoms with E-state index in [1.165, 1.54) is 0 Å². The lowest BCUT2D eigenvalue weighted by atomic mass is 10.2. The summed E-state index contributed by atoms with van der Waals surface area (Å²) >= 11 is 0. The van der Waals surface area contributed by atoms with Crippen LogP contribution in [0.3, 0.4) is 0 Å². The van der Waals surface area contributed by atoms with Gasteiger partial charge in [0.05, 0.1) is 12.6 Å². The molecular formula is C8H16N4O. The number of aromatic nitrogens is 3. The highest BCUT2D eigenvalue weighted by Crippen LogP contribution is 2.07. The molecule has 0 saturated carbocycles. The summed E-state index contributed by atoms with van der Waals surface area (Å²) in [5.74, 6) is 0.685. The van der Waals surface area contributed by atoms with Gasteiger partial charge in [0.1, 0.15) is 6.33 Å². The van der Waals surface area contributed by atoms with Crippen LogP contribution in [-0.4, -0.2) is 28.5 Å². The maximum atomic E-state index is 5.40. The Kier molecular flexibility index (Phi) is 3.85. The van der Waals surface area contributed by atoms with E-state index >= 15 is 0 Å². The molecule has 13 heavy (non-hydrogen) atoms. The molecule has 1 heterocycles. The van der Waals surface area contributed by atoms with Crippen LogP contribution in [-0.2, 0) is 11.3 Å². The van der Waals surface area contributed by atoms with Crippen LogP contribution in [0.1, 0.15) is 25.2 Å². The van der Waals surface area contributed by atoms with E-state index < -0.39 is 0 Å². The van der Waals surface area contributed by atoms with Gasteiger partial charge in [-0.3, -0.25) is 0 Å². The highest BCUT2D eigenvalue weighted by Gasteiger charge is 2.06. The third kappa shape index (κ3) is 2.78. The van der Waals surface area contributed by atoms with Gasteiger partial charge in [-0.1, -0.05) is 0 Å². The van der Waals surface area contributed by atoms with Crippen molar-refractivity contribution in [1.82, 2.24) is 14.8 Å². The number of nitrogens with two attached hydrogens (primary N) is 1. The standard InChI is InChI=1S/C8H16N4O/c1-7(3-4-13-2)12-6-10-8(5-9)11-12/h6-7H,3-5,9H2,1-2H3. The number of hydrogen-bond donors (Lipinski definition) is 1. The molecule has 1 unspecified atom stereocenters. The second kappa shape index (κ2) is 4.94. The number of hydrogen-bond acceptors (Lipinski definition) is 4. The molecular weight excluding hydrogens is 168 g/mol. The van der Waals surface area contributed by atoms with E-state index in [4.69, 9.17) is 10.5 Å². The summed E-state index contributed by atoms with van der Waals surface area (Å²) in [6, 6.07) is 0.313. The lowest BCUT2D eigenvalue weighted by Gasteiger charge is -2.09. The van der Waals surface area contributed by atoms with Crippen LogP contribution in [0.25, 0.3) is 0 Å². The van der Waals surface area contributed by atoms with Crippen molar-refractivity contribution in [3.05, 3.63) is 12.2 Å². The molecule has 0 aliphatic carbocycles. The quantitative estimate of drug-likeness (QED) is 0.716. The minimum atomic E-state index is 0.313. The molecule has 0 fully saturated rings. The molecule has 2 N–H and O–H groups in total. The van der Waals surface area contributed by atoms with E-state index in [0.717, 1.165) is 13.0 Å². The molecule has 0 spiro atoms. The SMILES string of the molecule is COCCC(C)n1cnc(CN)n1. The molecule has 1 rings (SSSR count). The topological polar surface area (TPSA) is 66.0 Å². The number of ether oxygens (including phenoxy) is 1. The zero-order chi connectivity index (χ0) is 9.68. The predicted molar refractivity (Wildman–Crippen MR) is 49.1 cm³/mol. The van der Waals surface area contributed by atoms with Crippen LogP contribution < -0.4 is 5.73 Å². The lowest BCUT2D eigenvalue weighted by molar-refractivity contribution is 0.178. The van der Waals surface area contributed by atoms with E-state index in [1.807, 2.05) is 4.68 Å². The van der Waals surface area contributed by atoms with Crippen LogP contribution in [0.5, 0.6) is 0 Å². The molecule has 0 aliphatic rings. The van der Waals surface area contributed by atoms with Crippen LogP contribution in [0.15, 0.2) is 6.33 Å². The van der Waals surface area contributed by atoms with Gasteiger partial charge in [0.2, 0.25) is 0 Å². The van der Waals surface area contributed by atoms with Crippen molar-refractivity contribution in [2.75, 3.05) is 13.7 Å². The monoisotopic (exact) mass is 184 g/mol. The van der Waals surface area contributed by atoms with Gasteiger partial charge in [0.15, 0.2) is 5.82 Å². The first kappa shape index (κ1) is 10.1. The van der Waals surface area contributed by atoms with Crippen LogP contribution in [0.2, 0.25) is 0 Å². The molecule has 74 valence electrons. The third-order valence-corrected chi connectivity index (χ3v) is 1.93. The lowest BCUT2D eigenvalue weighted by Crippen LogP contribution is -2.09. The summed E-state index contributed by atoms with van der Waals surface area (Å²) in [5, 5.41) is 4.21. The maximum Gasteiger partial charge on any atom is 0.164 e. The van der Waals surface area contributed by atoms with E-state index in [0.29, 0.717) is 18.4 Å². The van der Waals surface area contributed by atoms with Crippen molar-refractivity contribution in [3.63, 3.8) is 0 Å². The van der Waals surface area contributed by atoms with E-state index in [-0.39, 0.29) is 0 Å². The Balaban J connectivity index is 2.50. The van der Waals surface area contributed by atoms with Gasteiger partial charge in [-0.25, -0.2) is 9.67 Å². The summed E-state index contributed by atoms with van der Waals surface area (Å²) in [7, 11) is 1.69. The van der Waals surface area contributed by atoms with Gasteiger partial charge in [0, 0.05) is 13.7 Å². The summed E-state index contributed by atoms with van der Waals surface area (Å²) in [6.45, 7) is 3.21. The van der Waals surface area contributed by atoms with Crippen LogP contribution in [0, 0.1) is 0 Å². The van der Waals surface area contributed by atoms with Crippen LogP contribution in [0.4, 0.5) is 0 Å². The van der Waals surface area contributed by atoms with Gasteiger partial charge in [0.25, 0.3) is 0 Å². The highest BCUT2D eigenvalue weighted by atomic mass is 16.5. The fourth-order valence-corrected chi connectivity index (χ4v) is 1.04. The Morgan fingerprint density at radius 3 is 3.00 bits per heavy atom. The molecule has 1 aromatic heterocycles. The Bertz CT molecular complexity index is 248. The Morgan fingerprint density at radius 2 is 2.46 bits per heavy atom. The average Bonchev–Trinajstić information content (AvgIpc) is 2.62. The first-order valence-electron chi connectivity index (χ1n) is 4.37. The average molecular weight is 184 g/mol. The van der Waals surface area contributed by atoms with Crippen molar-refractivity contribution in [2.24, 2.45) is 5.73 Å². The number of nitrogens with zero attached hydrogens (tertiary/aromatic N) is 3. The van der Waals surface area contributed by atoms with Crippen LogP contribution >= 0.6 is 0 Å². The molecule has 1 aromatic rings. The second-order valence-electron chi connectivity index (χ2n) is 2.98. The van der Waals surface area contributed by atoms with Crippen molar-refractivity contribution >= 4 is 0 Å². The molecule has 0 bridgehead atoms. The molecule has 5 heteroatoms. The molecule has 0 saturated heterocycles. The first-order chi connectivity index (χ1) is 6.27. The van der Waals surface area contributed by atoms with Crippen molar-refractivity contribution < 1.29 is 4.74 Å². The molecule has 0 amide bonds. The van der Waals surface area contributed by atoms with Gasteiger partial charge < -0.3 is 10.5 Å².